The van der Waals surface area contributed by atoms with Crippen LogP contribution < -0.4 is 5.32 Å². The highest BCUT2D eigenvalue weighted by atomic mass is 16.5. The van der Waals surface area contributed by atoms with Crippen LogP contribution in [0.4, 0.5) is 4.79 Å². The van der Waals surface area contributed by atoms with Crippen LogP contribution in [0.1, 0.15) is 26.2 Å². The van der Waals surface area contributed by atoms with Crippen LogP contribution in [0.2, 0.25) is 0 Å². The first-order chi connectivity index (χ1) is 7.53. The number of ether oxygens (including phenoxy) is 1. The number of aliphatic carboxylic acids is 1. The molecule has 0 aromatic heterocycles. The second-order valence-electron chi connectivity index (χ2n) is 4.08. The quantitative estimate of drug-likeness (QED) is 0.714. The van der Waals surface area contributed by atoms with Crippen molar-refractivity contribution in [3.63, 3.8) is 0 Å². The van der Waals surface area contributed by atoms with Gasteiger partial charge in [-0.2, -0.15) is 0 Å². The minimum absolute atomic E-state index is 0.0793. The van der Waals surface area contributed by atoms with E-state index in [1.807, 2.05) is 6.92 Å². The molecular weight excluding hydrogens is 210 g/mol. The molecule has 0 bridgehead atoms. The molecule has 0 radical (unpaired) electrons. The first-order valence-electron chi connectivity index (χ1n) is 5.32. The van der Waals surface area contributed by atoms with Crippen LogP contribution in [-0.4, -0.2) is 29.3 Å². The minimum Gasteiger partial charge on any atom is -0.479 e. The Hall–Kier alpha value is -1.52. The monoisotopic (exact) mass is 227 g/mol. The topological polar surface area (TPSA) is 75.6 Å². The summed E-state index contributed by atoms with van der Waals surface area (Å²) in [6.45, 7) is 5.32. The van der Waals surface area contributed by atoms with Crippen molar-refractivity contribution in [1.29, 1.82) is 0 Å². The van der Waals surface area contributed by atoms with Crippen LogP contribution in [0, 0.1) is 5.92 Å². The van der Waals surface area contributed by atoms with Gasteiger partial charge in [0.1, 0.15) is 12.1 Å². The van der Waals surface area contributed by atoms with E-state index in [9.17, 15) is 14.7 Å². The molecule has 5 heteroatoms. The van der Waals surface area contributed by atoms with Crippen LogP contribution in [0.3, 0.4) is 0 Å². The SMILES string of the molecule is C=CCOC(=O)NC1(C(=O)O)CCCC1C. The van der Waals surface area contributed by atoms with Gasteiger partial charge in [0.2, 0.25) is 0 Å². The van der Waals surface area contributed by atoms with Crippen molar-refractivity contribution in [2.45, 2.75) is 31.7 Å². The van der Waals surface area contributed by atoms with Gasteiger partial charge in [-0.3, -0.25) is 0 Å². The van der Waals surface area contributed by atoms with Gasteiger partial charge in [-0.05, 0) is 18.8 Å². The van der Waals surface area contributed by atoms with Gasteiger partial charge in [-0.25, -0.2) is 9.59 Å². The number of amides is 1. The zero-order chi connectivity index (χ0) is 12.2. The molecule has 90 valence electrons. The maximum atomic E-state index is 11.4. The fraction of sp³-hybridized carbons (Fsp3) is 0.636. The third kappa shape index (κ3) is 2.35. The summed E-state index contributed by atoms with van der Waals surface area (Å²) in [5, 5.41) is 11.7. The summed E-state index contributed by atoms with van der Waals surface area (Å²) < 4.78 is 4.75. The number of hydrogen-bond donors (Lipinski definition) is 2. The van der Waals surface area contributed by atoms with E-state index in [0.29, 0.717) is 6.42 Å². The Labute approximate surface area is 94.5 Å². The molecule has 1 amide bonds. The van der Waals surface area contributed by atoms with E-state index in [2.05, 4.69) is 11.9 Å². The maximum Gasteiger partial charge on any atom is 0.408 e. The number of carbonyl (C=O) groups excluding carboxylic acids is 1. The predicted molar refractivity (Wildman–Crippen MR) is 58.1 cm³/mol. The summed E-state index contributed by atoms with van der Waals surface area (Å²) in [7, 11) is 0. The van der Waals surface area contributed by atoms with E-state index in [1.165, 1.54) is 6.08 Å². The molecule has 2 unspecified atom stereocenters. The highest BCUT2D eigenvalue weighted by Crippen LogP contribution is 2.35. The van der Waals surface area contributed by atoms with E-state index in [0.717, 1.165) is 12.8 Å². The lowest BCUT2D eigenvalue weighted by Gasteiger charge is -2.29. The molecule has 0 aromatic rings. The molecule has 0 spiro atoms. The number of alkyl carbamates (subject to hydrolysis) is 1. The van der Waals surface area contributed by atoms with Gasteiger partial charge < -0.3 is 15.2 Å². The number of carboxylic acid groups (broad SMARTS) is 1. The third-order valence-electron chi connectivity index (χ3n) is 3.09. The normalized spacial score (nSPS) is 28.4. The van der Waals surface area contributed by atoms with Crippen molar-refractivity contribution >= 4 is 12.1 Å². The van der Waals surface area contributed by atoms with Gasteiger partial charge in [-0.1, -0.05) is 26.0 Å². The molecule has 1 rings (SSSR count). The van der Waals surface area contributed by atoms with Crippen molar-refractivity contribution < 1.29 is 19.4 Å². The van der Waals surface area contributed by atoms with E-state index in [1.54, 1.807) is 0 Å². The summed E-state index contributed by atoms with van der Waals surface area (Å²) >= 11 is 0. The average Bonchev–Trinajstić information content (AvgIpc) is 2.58. The lowest BCUT2D eigenvalue weighted by atomic mass is 9.88. The third-order valence-corrected chi connectivity index (χ3v) is 3.09. The highest BCUT2D eigenvalue weighted by molar-refractivity contribution is 5.85. The second-order valence-corrected chi connectivity index (χ2v) is 4.08. The maximum absolute atomic E-state index is 11.4. The number of hydrogen-bond acceptors (Lipinski definition) is 3. The fourth-order valence-electron chi connectivity index (χ4n) is 2.09. The Morgan fingerprint density at radius 3 is 2.81 bits per heavy atom. The minimum atomic E-state index is -1.17. The van der Waals surface area contributed by atoms with Gasteiger partial charge in [0.15, 0.2) is 0 Å². The molecule has 0 aliphatic heterocycles. The van der Waals surface area contributed by atoms with E-state index >= 15 is 0 Å². The van der Waals surface area contributed by atoms with Gasteiger partial charge in [0.05, 0.1) is 0 Å². The van der Waals surface area contributed by atoms with Crippen molar-refractivity contribution in [3.8, 4) is 0 Å². The molecule has 2 N–H and O–H groups in total. The number of nitrogens with one attached hydrogen (secondary N) is 1. The standard InChI is InChI=1S/C11H17NO4/c1-3-7-16-10(15)12-11(9(13)14)6-4-5-8(11)2/h3,8H,1,4-7H2,2H3,(H,12,15)(H,13,14). The first kappa shape index (κ1) is 12.5. The number of rotatable bonds is 4. The largest absolute Gasteiger partial charge is 0.479 e. The van der Waals surface area contributed by atoms with Crippen molar-refractivity contribution in [2.75, 3.05) is 6.61 Å². The van der Waals surface area contributed by atoms with E-state index < -0.39 is 17.6 Å². The molecule has 5 nitrogen and oxygen atoms in total. The molecule has 0 heterocycles. The molecule has 0 aromatic carbocycles. The van der Waals surface area contributed by atoms with E-state index in [4.69, 9.17) is 4.74 Å². The number of carbonyl (C=O) groups is 2. The lowest BCUT2D eigenvalue weighted by molar-refractivity contribution is -0.146. The lowest BCUT2D eigenvalue weighted by Crippen LogP contribution is -2.56. The van der Waals surface area contributed by atoms with Crippen molar-refractivity contribution in [3.05, 3.63) is 12.7 Å². The Balaban J connectivity index is 2.69. The summed E-state index contributed by atoms with van der Waals surface area (Å²) in [5.41, 5.74) is -1.17. The van der Waals surface area contributed by atoms with Gasteiger partial charge in [0, 0.05) is 0 Å². The smallest absolute Gasteiger partial charge is 0.408 e. The van der Waals surface area contributed by atoms with Crippen LogP contribution in [0.15, 0.2) is 12.7 Å². The molecule has 2 atom stereocenters. The average molecular weight is 227 g/mol. The molecule has 16 heavy (non-hydrogen) atoms. The zero-order valence-corrected chi connectivity index (χ0v) is 9.36. The molecular formula is C11H17NO4. The van der Waals surface area contributed by atoms with Crippen molar-refractivity contribution in [1.82, 2.24) is 5.32 Å². The summed E-state index contributed by atoms with van der Waals surface area (Å²) in [6.07, 6.45) is 2.79. The van der Waals surface area contributed by atoms with Crippen molar-refractivity contribution in [2.24, 2.45) is 5.92 Å². The van der Waals surface area contributed by atoms with Gasteiger partial charge >= 0.3 is 12.1 Å². The summed E-state index contributed by atoms with van der Waals surface area (Å²) in [6, 6.07) is 0. The molecule has 1 fully saturated rings. The predicted octanol–water partition coefficient (Wildman–Crippen LogP) is 1.54. The van der Waals surface area contributed by atoms with Crippen LogP contribution >= 0.6 is 0 Å². The molecule has 1 aliphatic carbocycles. The van der Waals surface area contributed by atoms with Crippen LogP contribution in [0.5, 0.6) is 0 Å². The Morgan fingerprint density at radius 1 is 1.69 bits per heavy atom. The molecule has 1 saturated carbocycles. The van der Waals surface area contributed by atoms with Gasteiger partial charge in [0.25, 0.3) is 0 Å². The molecule has 0 saturated heterocycles. The summed E-state index contributed by atoms with van der Waals surface area (Å²) in [4.78, 5) is 22.6. The summed E-state index contributed by atoms with van der Waals surface area (Å²) in [5.74, 6) is -1.07. The van der Waals surface area contributed by atoms with Crippen LogP contribution in [-0.2, 0) is 9.53 Å². The zero-order valence-electron chi connectivity index (χ0n) is 9.36. The fourth-order valence-corrected chi connectivity index (χ4v) is 2.09. The Morgan fingerprint density at radius 2 is 2.38 bits per heavy atom. The van der Waals surface area contributed by atoms with Gasteiger partial charge in [-0.15, -0.1) is 0 Å². The highest BCUT2D eigenvalue weighted by Gasteiger charge is 2.48. The van der Waals surface area contributed by atoms with Crippen LogP contribution in [0.25, 0.3) is 0 Å². The first-order valence-corrected chi connectivity index (χ1v) is 5.32. The second kappa shape index (κ2) is 5.01. The Kier molecular flexibility index (Phi) is 3.93. The molecule has 1 aliphatic rings. The Bertz CT molecular complexity index is 302. The number of carboxylic acids is 1. The van der Waals surface area contributed by atoms with E-state index in [-0.39, 0.29) is 12.5 Å².